The fraction of sp³-hybridized carbons (Fsp3) is 0.429. The number of anilines is 1. The van der Waals surface area contributed by atoms with Crippen LogP contribution in [0.15, 0.2) is 29.2 Å². The Morgan fingerprint density at radius 2 is 2.20 bits per heavy atom. The number of rotatable bonds is 5. The van der Waals surface area contributed by atoms with Crippen LogP contribution in [0.1, 0.15) is 34.9 Å². The van der Waals surface area contributed by atoms with Crippen LogP contribution in [-0.2, 0) is 13.0 Å². The van der Waals surface area contributed by atoms with Gasteiger partial charge in [0.25, 0.3) is 11.5 Å². The zero-order valence-electron chi connectivity index (χ0n) is 17.4. The zero-order chi connectivity index (χ0) is 21.3. The zero-order valence-corrected chi connectivity index (χ0v) is 18.3. The first-order chi connectivity index (χ1) is 14.5. The molecule has 1 saturated heterocycles. The molecule has 8 nitrogen and oxygen atoms in total. The van der Waals surface area contributed by atoms with Crippen molar-refractivity contribution in [3.63, 3.8) is 0 Å². The molecule has 1 fully saturated rings. The summed E-state index contributed by atoms with van der Waals surface area (Å²) in [6, 6.07) is 6.00. The van der Waals surface area contributed by atoms with E-state index in [1.54, 1.807) is 30.6 Å². The molecule has 30 heavy (non-hydrogen) atoms. The lowest BCUT2D eigenvalue weighted by Crippen LogP contribution is -2.51. The number of thiazole rings is 1. The number of aromatic nitrogens is 3. The number of amides is 1. The van der Waals surface area contributed by atoms with Gasteiger partial charge in [-0.2, -0.15) is 0 Å². The van der Waals surface area contributed by atoms with Gasteiger partial charge >= 0.3 is 0 Å². The Kier molecular flexibility index (Phi) is 5.83. The SMILES string of the molecule is CCc1cc2sc(CN3CCN(c4ccc(C(=O)NC)nc4)C(C)C3)nc2[nH]c1=O. The largest absolute Gasteiger partial charge is 0.365 e. The van der Waals surface area contributed by atoms with Gasteiger partial charge in [-0.05, 0) is 31.5 Å². The minimum absolute atomic E-state index is 0.0415. The minimum atomic E-state index is -0.178. The van der Waals surface area contributed by atoms with Gasteiger partial charge in [-0.3, -0.25) is 14.5 Å². The number of piperazine rings is 1. The van der Waals surface area contributed by atoms with E-state index in [1.165, 1.54) is 0 Å². The summed E-state index contributed by atoms with van der Waals surface area (Å²) < 4.78 is 1.04. The maximum absolute atomic E-state index is 12.0. The van der Waals surface area contributed by atoms with Gasteiger partial charge in [0.05, 0.1) is 23.1 Å². The van der Waals surface area contributed by atoms with Gasteiger partial charge in [-0.15, -0.1) is 11.3 Å². The average Bonchev–Trinajstić information content (AvgIpc) is 3.13. The van der Waals surface area contributed by atoms with Crippen LogP contribution < -0.4 is 15.8 Å². The lowest BCUT2D eigenvalue weighted by molar-refractivity contribution is 0.0958. The van der Waals surface area contributed by atoms with E-state index in [0.29, 0.717) is 17.4 Å². The van der Waals surface area contributed by atoms with Crippen molar-refractivity contribution in [3.05, 3.63) is 51.0 Å². The van der Waals surface area contributed by atoms with E-state index in [9.17, 15) is 9.59 Å². The van der Waals surface area contributed by atoms with Crippen molar-refractivity contribution in [2.24, 2.45) is 0 Å². The third kappa shape index (κ3) is 4.08. The summed E-state index contributed by atoms with van der Waals surface area (Å²) in [5, 5.41) is 3.61. The summed E-state index contributed by atoms with van der Waals surface area (Å²) in [5.74, 6) is -0.178. The van der Waals surface area contributed by atoms with E-state index in [-0.39, 0.29) is 11.5 Å². The van der Waals surface area contributed by atoms with Crippen LogP contribution in [0, 0.1) is 0 Å². The second-order valence-electron chi connectivity index (χ2n) is 7.56. The fourth-order valence-corrected chi connectivity index (χ4v) is 4.91. The topological polar surface area (TPSA) is 94.2 Å². The lowest BCUT2D eigenvalue weighted by Gasteiger charge is -2.40. The number of carbonyl (C=O) groups excluding carboxylic acids is 1. The number of nitrogens with zero attached hydrogens (tertiary/aromatic N) is 4. The second-order valence-corrected chi connectivity index (χ2v) is 8.67. The molecule has 3 aromatic heterocycles. The lowest BCUT2D eigenvalue weighted by atomic mass is 10.1. The molecule has 4 rings (SSSR count). The summed E-state index contributed by atoms with van der Waals surface area (Å²) in [5.41, 5.74) is 2.90. The fourth-order valence-electron chi connectivity index (χ4n) is 3.88. The van der Waals surface area contributed by atoms with Gasteiger partial charge in [-0.25, -0.2) is 9.97 Å². The van der Waals surface area contributed by atoms with Crippen molar-refractivity contribution >= 4 is 33.3 Å². The molecule has 0 radical (unpaired) electrons. The molecule has 0 saturated carbocycles. The number of fused-ring (bicyclic) bond motifs is 1. The van der Waals surface area contributed by atoms with Crippen LogP contribution in [0.3, 0.4) is 0 Å². The van der Waals surface area contributed by atoms with Gasteiger partial charge in [0.15, 0.2) is 5.65 Å². The van der Waals surface area contributed by atoms with Crippen molar-refractivity contribution in [1.82, 2.24) is 25.2 Å². The van der Waals surface area contributed by atoms with E-state index in [4.69, 9.17) is 0 Å². The molecular weight excluding hydrogens is 400 g/mol. The summed E-state index contributed by atoms with van der Waals surface area (Å²) >= 11 is 1.65. The summed E-state index contributed by atoms with van der Waals surface area (Å²) in [4.78, 5) is 40.2. The Morgan fingerprint density at radius 3 is 2.87 bits per heavy atom. The van der Waals surface area contributed by atoms with Crippen molar-refractivity contribution in [1.29, 1.82) is 0 Å². The molecule has 1 amide bonds. The number of pyridine rings is 2. The van der Waals surface area contributed by atoms with Crippen LogP contribution >= 0.6 is 11.3 Å². The molecule has 158 valence electrons. The second kappa shape index (κ2) is 8.53. The molecule has 3 aromatic rings. The van der Waals surface area contributed by atoms with Crippen molar-refractivity contribution in [3.8, 4) is 0 Å². The molecule has 1 aliphatic rings. The van der Waals surface area contributed by atoms with Crippen LogP contribution in [-0.4, -0.2) is 58.5 Å². The van der Waals surface area contributed by atoms with Crippen LogP contribution in [0.2, 0.25) is 0 Å². The van der Waals surface area contributed by atoms with Crippen molar-refractivity contribution in [2.75, 3.05) is 31.6 Å². The van der Waals surface area contributed by atoms with Crippen LogP contribution in [0.4, 0.5) is 5.69 Å². The summed E-state index contributed by atoms with van der Waals surface area (Å²) in [6.45, 7) is 7.65. The highest BCUT2D eigenvalue weighted by Gasteiger charge is 2.25. The number of aromatic amines is 1. The number of hydrogen-bond acceptors (Lipinski definition) is 7. The molecule has 0 aliphatic carbocycles. The molecular formula is C21H26N6O2S. The monoisotopic (exact) mass is 426 g/mol. The predicted molar refractivity (Wildman–Crippen MR) is 119 cm³/mol. The number of nitrogens with one attached hydrogen (secondary N) is 2. The number of carbonyl (C=O) groups is 1. The Bertz CT molecular complexity index is 1110. The molecule has 0 aromatic carbocycles. The summed E-state index contributed by atoms with van der Waals surface area (Å²) in [7, 11) is 1.60. The molecule has 4 heterocycles. The average molecular weight is 427 g/mol. The maximum Gasteiger partial charge on any atom is 0.269 e. The van der Waals surface area contributed by atoms with E-state index in [0.717, 1.165) is 53.6 Å². The summed E-state index contributed by atoms with van der Waals surface area (Å²) in [6.07, 6.45) is 2.49. The smallest absolute Gasteiger partial charge is 0.269 e. The van der Waals surface area contributed by atoms with E-state index < -0.39 is 0 Å². The van der Waals surface area contributed by atoms with Crippen molar-refractivity contribution in [2.45, 2.75) is 32.9 Å². The van der Waals surface area contributed by atoms with Gasteiger partial charge in [0, 0.05) is 38.3 Å². The Morgan fingerprint density at radius 1 is 1.37 bits per heavy atom. The number of H-pyrrole nitrogens is 1. The third-order valence-corrected chi connectivity index (χ3v) is 6.50. The Labute approximate surface area is 179 Å². The standard InChI is InChI=1S/C21H26N6O2S/c1-4-14-9-17-19(25-20(14)28)24-18(30-17)12-26-7-8-27(13(2)11-26)15-5-6-16(23-10-15)21(29)22-3/h5-6,9-10,13H,4,7-8,11-12H2,1-3H3,(H,22,29)(H,25,28). The third-order valence-electron chi connectivity index (χ3n) is 5.52. The molecule has 1 atom stereocenters. The molecule has 1 aliphatic heterocycles. The quantitative estimate of drug-likeness (QED) is 0.648. The van der Waals surface area contributed by atoms with E-state index >= 15 is 0 Å². The van der Waals surface area contributed by atoms with Crippen LogP contribution in [0.5, 0.6) is 0 Å². The van der Waals surface area contributed by atoms with Crippen molar-refractivity contribution < 1.29 is 4.79 Å². The predicted octanol–water partition coefficient (Wildman–Crippen LogP) is 2.01. The minimum Gasteiger partial charge on any atom is -0.365 e. The van der Waals surface area contributed by atoms with Gasteiger partial charge < -0.3 is 15.2 Å². The van der Waals surface area contributed by atoms with E-state index in [2.05, 4.69) is 37.0 Å². The molecule has 9 heteroatoms. The first-order valence-electron chi connectivity index (χ1n) is 10.2. The first kappa shape index (κ1) is 20.5. The highest BCUT2D eigenvalue weighted by Crippen LogP contribution is 2.24. The van der Waals surface area contributed by atoms with Crippen LogP contribution in [0.25, 0.3) is 10.3 Å². The normalized spacial score (nSPS) is 17.4. The van der Waals surface area contributed by atoms with E-state index in [1.807, 2.05) is 19.1 Å². The molecule has 0 spiro atoms. The highest BCUT2D eigenvalue weighted by molar-refractivity contribution is 7.18. The van der Waals surface area contributed by atoms with Gasteiger partial charge in [0.1, 0.15) is 10.7 Å². The molecule has 1 unspecified atom stereocenters. The number of hydrogen-bond donors (Lipinski definition) is 2. The molecule has 0 bridgehead atoms. The Balaban J connectivity index is 1.42. The van der Waals surface area contributed by atoms with Gasteiger partial charge in [0.2, 0.25) is 0 Å². The Hall–Kier alpha value is -2.78. The molecule has 2 N–H and O–H groups in total. The maximum atomic E-state index is 12.0. The number of aryl methyl sites for hydroxylation is 1. The van der Waals surface area contributed by atoms with Gasteiger partial charge in [-0.1, -0.05) is 6.92 Å². The first-order valence-corrected chi connectivity index (χ1v) is 11.0. The highest BCUT2D eigenvalue weighted by atomic mass is 32.1.